The zero-order chi connectivity index (χ0) is 28.1. The fraction of sp³-hybridized carbons (Fsp3) is 0.385. The number of rotatable bonds is 6. The number of ketones is 2. The summed E-state index contributed by atoms with van der Waals surface area (Å²) in [7, 11) is 3.46. The average Bonchev–Trinajstić information content (AvgIpc) is 2.83. The van der Waals surface area contributed by atoms with Crippen LogP contribution in [0.25, 0.3) is 6.08 Å². The van der Waals surface area contributed by atoms with Gasteiger partial charge in [0.15, 0.2) is 5.78 Å². The first-order valence-corrected chi connectivity index (χ1v) is 11.9. The van der Waals surface area contributed by atoms with Crippen molar-refractivity contribution in [3.05, 3.63) is 56.4 Å². The van der Waals surface area contributed by atoms with Crippen molar-refractivity contribution in [3.8, 4) is 5.75 Å². The van der Waals surface area contributed by atoms with E-state index in [4.69, 9.17) is 10.5 Å². The van der Waals surface area contributed by atoms with Crippen LogP contribution in [0.1, 0.15) is 41.3 Å². The van der Waals surface area contributed by atoms with E-state index in [0.29, 0.717) is 11.3 Å². The van der Waals surface area contributed by atoms with Crippen molar-refractivity contribution in [2.75, 3.05) is 25.6 Å². The number of phenols is 1. The van der Waals surface area contributed by atoms with Crippen molar-refractivity contribution >= 4 is 35.2 Å². The maximum atomic E-state index is 13.8. The molecule has 200 valence electrons. The number of aromatic hydroxyl groups is 1. The molecule has 0 aromatic heterocycles. The van der Waals surface area contributed by atoms with Gasteiger partial charge in [-0.05, 0) is 48.6 Å². The third-order valence-electron chi connectivity index (χ3n) is 7.38. The number of esters is 1. The summed E-state index contributed by atoms with van der Waals surface area (Å²) in [5.74, 6) is -7.73. The first kappa shape index (κ1) is 26.6. The van der Waals surface area contributed by atoms with Gasteiger partial charge in [0.25, 0.3) is 5.91 Å². The number of nitrogens with two attached hydrogens (primary N) is 1. The monoisotopic (exact) mass is 525 g/mol. The van der Waals surface area contributed by atoms with Crippen LogP contribution in [-0.4, -0.2) is 65.0 Å². The summed E-state index contributed by atoms with van der Waals surface area (Å²) in [5.41, 5.74) is 2.60. The number of nitrogens with zero attached hydrogens (tertiary/aromatic N) is 2. The predicted molar refractivity (Wildman–Crippen MR) is 134 cm³/mol. The lowest BCUT2D eigenvalue weighted by Gasteiger charge is -2.45. The first-order chi connectivity index (χ1) is 17.9. The van der Waals surface area contributed by atoms with E-state index in [9.17, 15) is 39.4 Å². The molecule has 0 fully saturated rings. The van der Waals surface area contributed by atoms with Gasteiger partial charge in [-0.15, -0.1) is 4.91 Å². The summed E-state index contributed by atoms with van der Waals surface area (Å²) in [4.78, 5) is 64.7. The molecule has 0 heterocycles. The van der Waals surface area contributed by atoms with Crippen LogP contribution < -0.4 is 10.6 Å². The molecule has 3 atom stereocenters. The zero-order valence-corrected chi connectivity index (χ0v) is 21.0. The molecule has 0 unspecified atom stereocenters. The van der Waals surface area contributed by atoms with Gasteiger partial charge >= 0.3 is 5.97 Å². The number of hydrogen-bond acceptors (Lipinski definition) is 11. The van der Waals surface area contributed by atoms with Crippen LogP contribution in [0, 0.1) is 16.7 Å². The van der Waals surface area contributed by atoms with E-state index < -0.39 is 63.7 Å². The minimum atomic E-state index is -2.52. The Labute approximate surface area is 217 Å². The molecule has 0 saturated carbocycles. The van der Waals surface area contributed by atoms with Crippen molar-refractivity contribution in [2.45, 2.75) is 31.7 Å². The number of allylic oxidation sites excluding steroid dienone is 2. The smallest absolute Gasteiger partial charge is 0.330 e. The van der Waals surface area contributed by atoms with Crippen LogP contribution in [0.4, 0.5) is 5.69 Å². The topological polar surface area (TPSA) is 197 Å². The van der Waals surface area contributed by atoms with Gasteiger partial charge in [0.1, 0.15) is 22.8 Å². The molecule has 0 aliphatic heterocycles. The van der Waals surface area contributed by atoms with E-state index in [1.807, 2.05) is 0 Å². The Morgan fingerprint density at radius 2 is 1.92 bits per heavy atom. The number of carbonyl (C=O) groups excluding carboxylic acids is 4. The molecular weight excluding hydrogens is 498 g/mol. The van der Waals surface area contributed by atoms with E-state index in [-0.39, 0.29) is 42.6 Å². The number of aliphatic hydroxyl groups is 2. The van der Waals surface area contributed by atoms with E-state index in [1.54, 1.807) is 32.0 Å². The number of carbonyl (C=O) groups is 4. The Balaban J connectivity index is 1.93. The molecule has 0 bridgehead atoms. The van der Waals surface area contributed by atoms with Crippen LogP contribution in [0.2, 0.25) is 0 Å². The summed E-state index contributed by atoms with van der Waals surface area (Å²) in [5, 5.41) is 35.6. The normalized spacial score (nSPS) is 24.6. The molecule has 12 heteroatoms. The molecule has 0 radical (unpaired) electrons. The van der Waals surface area contributed by atoms with Gasteiger partial charge in [0, 0.05) is 49.3 Å². The maximum absolute atomic E-state index is 13.8. The van der Waals surface area contributed by atoms with E-state index in [2.05, 4.69) is 5.18 Å². The molecule has 3 aliphatic carbocycles. The number of primary amides is 1. The lowest BCUT2D eigenvalue weighted by Crippen LogP contribution is -2.56. The van der Waals surface area contributed by atoms with Crippen molar-refractivity contribution < 1.29 is 39.2 Å². The molecule has 38 heavy (non-hydrogen) atoms. The average molecular weight is 526 g/mol. The highest BCUT2D eigenvalue weighted by Crippen LogP contribution is 2.54. The van der Waals surface area contributed by atoms with Crippen molar-refractivity contribution in [1.29, 1.82) is 0 Å². The molecule has 1 aromatic carbocycles. The Kier molecular flexibility index (Phi) is 6.60. The quantitative estimate of drug-likeness (QED) is 0.184. The number of Topliss-reactive ketones (excluding diaryl/α,β-unsaturated/α-hetero) is 2. The Bertz CT molecular complexity index is 1390. The second-order valence-electron chi connectivity index (χ2n) is 9.67. The summed E-state index contributed by atoms with van der Waals surface area (Å²) in [6.45, 7) is 1.78. The summed E-state index contributed by atoms with van der Waals surface area (Å²) in [6.07, 6.45) is 2.22. The molecule has 4 rings (SSSR count). The van der Waals surface area contributed by atoms with Crippen LogP contribution in [0.15, 0.2) is 40.0 Å². The Morgan fingerprint density at radius 1 is 1.24 bits per heavy atom. The van der Waals surface area contributed by atoms with Crippen molar-refractivity contribution in [3.63, 3.8) is 0 Å². The summed E-state index contributed by atoms with van der Waals surface area (Å²) >= 11 is 0. The van der Waals surface area contributed by atoms with E-state index in [1.165, 1.54) is 6.08 Å². The van der Waals surface area contributed by atoms with Crippen LogP contribution in [-0.2, 0) is 25.5 Å². The van der Waals surface area contributed by atoms with Gasteiger partial charge in [-0.3, -0.25) is 14.4 Å². The van der Waals surface area contributed by atoms with Crippen molar-refractivity contribution in [2.24, 2.45) is 22.7 Å². The Hall–Kier alpha value is -4.48. The van der Waals surface area contributed by atoms with Crippen LogP contribution >= 0.6 is 0 Å². The maximum Gasteiger partial charge on any atom is 0.330 e. The highest BCUT2D eigenvalue weighted by Gasteiger charge is 2.62. The van der Waals surface area contributed by atoms with Gasteiger partial charge in [-0.25, -0.2) is 4.79 Å². The second kappa shape index (κ2) is 9.43. The first-order valence-electron chi connectivity index (χ1n) is 11.9. The molecule has 0 saturated heterocycles. The number of phenolic OH excluding ortho intramolecular Hbond substituents is 1. The molecule has 3 aliphatic rings. The van der Waals surface area contributed by atoms with Gasteiger partial charge < -0.3 is 30.7 Å². The molecule has 1 amide bonds. The molecule has 1 aromatic rings. The number of amides is 1. The number of fused-ring (bicyclic) bond motifs is 3. The summed E-state index contributed by atoms with van der Waals surface area (Å²) < 4.78 is 4.86. The SMILES string of the molecule is CCOC(=O)/C=C/c1cc(N(C)C)c2c(c1O)C(=O)C1=C(O)[C@]3(N=O)C(=O)C(C(N)=O)=C(O)C[C@@H]3C[C@@H]1C2. The Morgan fingerprint density at radius 3 is 2.50 bits per heavy atom. The minimum Gasteiger partial charge on any atom is -0.511 e. The van der Waals surface area contributed by atoms with Gasteiger partial charge in [0.2, 0.25) is 11.3 Å². The van der Waals surface area contributed by atoms with Gasteiger partial charge in [-0.1, -0.05) is 0 Å². The van der Waals surface area contributed by atoms with Gasteiger partial charge in [-0.2, -0.15) is 0 Å². The van der Waals surface area contributed by atoms with E-state index in [0.717, 1.165) is 6.08 Å². The van der Waals surface area contributed by atoms with Gasteiger partial charge in [0.05, 0.1) is 12.2 Å². The fourth-order valence-corrected chi connectivity index (χ4v) is 5.72. The number of ether oxygens (including phenoxy) is 1. The number of hydrogen-bond donors (Lipinski definition) is 4. The fourth-order valence-electron chi connectivity index (χ4n) is 5.72. The second-order valence-corrected chi connectivity index (χ2v) is 9.67. The van der Waals surface area contributed by atoms with Crippen LogP contribution in [0.5, 0.6) is 5.75 Å². The third-order valence-corrected chi connectivity index (χ3v) is 7.38. The third kappa shape index (κ3) is 3.75. The molecular formula is C26H27N3O9. The van der Waals surface area contributed by atoms with E-state index >= 15 is 0 Å². The molecule has 5 N–H and O–H groups in total. The number of aliphatic hydroxyl groups excluding tert-OH is 2. The number of anilines is 1. The zero-order valence-electron chi connectivity index (χ0n) is 21.0. The highest BCUT2D eigenvalue weighted by molar-refractivity contribution is 6.25. The lowest BCUT2D eigenvalue weighted by molar-refractivity contribution is -0.137. The predicted octanol–water partition coefficient (Wildman–Crippen LogP) is 2.00. The minimum absolute atomic E-state index is 0.0102. The molecule has 12 nitrogen and oxygen atoms in total. The lowest BCUT2D eigenvalue weighted by atomic mass is 9.59. The standard InChI is InChI=1S/C26H27N3O9/c1-4-38-17(31)6-5-11-9-15(29(2)3)14-8-12-7-13-10-16(30)20(25(27)36)24(35)26(13,28-37)23(34)18(12)22(33)19(14)21(11)32/h5-6,9,12-13,30,32,34H,4,7-8,10H2,1-3H3,(H2,27,36)/b6-5+/t12-,13+,26+/m1/s1. The number of nitroso groups, excluding NO2 is 1. The molecule has 0 spiro atoms. The highest BCUT2D eigenvalue weighted by atomic mass is 16.5. The summed E-state index contributed by atoms with van der Waals surface area (Å²) in [6, 6.07) is 1.60. The largest absolute Gasteiger partial charge is 0.511 e. The van der Waals surface area contributed by atoms with Crippen LogP contribution in [0.3, 0.4) is 0 Å². The number of benzene rings is 1. The van der Waals surface area contributed by atoms with Crippen molar-refractivity contribution in [1.82, 2.24) is 0 Å².